The maximum atomic E-state index is 12.5. The number of amides is 1. The molecule has 6 heteroatoms. The molecule has 2 aromatic rings. The molecule has 0 atom stereocenters. The average Bonchev–Trinajstić information content (AvgIpc) is 3.17. The number of hydrogen-bond acceptors (Lipinski definition) is 4. The molecule has 1 amide bonds. The zero-order valence-corrected chi connectivity index (χ0v) is 15.2. The van der Waals surface area contributed by atoms with E-state index in [-0.39, 0.29) is 12.0 Å². The smallest absolute Gasteiger partial charge is 0.222 e. The van der Waals surface area contributed by atoms with Crippen LogP contribution in [0.3, 0.4) is 0 Å². The Hall–Kier alpha value is -2.18. The second-order valence-corrected chi connectivity index (χ2v) is 6.72. The first kappa shape index (κ1) is 18.6. The summed E-state index contributed by atoms with van der Waals surface area (Å²) in [4.78, 5) is 14.4. The molecule has 6 nitrogen and oxygen atoms in total. The number of nitrogens with zero attached hydrogens (tertiary/aromatic N) is 3. The highest BCUT2D eigenvalue weighted by atomic mass is 16.5. The third-order valence-corrected chi connectivity index (χ3v) is 4.78. The van der Waals surface area contributed by atoms with E-state index in [9.17, 15) is 4.79 Å². The highest BCUT2D eigenvalue weighted by Gasteiger charge is 2.22. The van der Waals surface area contributed by atoms with Crippen LogP contribution in [0.5, 0.6) is 0 Å². The number of rotatable bonds is 8. The molecule has 26 heavy (non-hydrogen) atoms. The molecule has 0 aliphatic carbocycles. The van der Waals surface area contributed by atoms with Gasteiger partial charge in [0.2, 0.25) is 5.91 Å². The van der Waals surface area contributed by atoms with E-state index in [1.807, 2.05) is 52.3 Å². The Bertz CT molecular complexity index is 678. The Morgan fingerprint density at radius 2 is 2.00 bits per heavy atom. The Balaban J connectivity index is 1.42. The van der Waals surface area contributed by atoms with Gasteiger partial charge in [0.25, 0.3) is 0 Å². The molecular weight excluding hydrogens is 328 g/mol. The van der Waals surface area contributed by atoms with Crippen molar-refractivity contribution >= 4 is 5.91 Å². The van der Waals surface area contributed by atoms with Crippen molar-refractivity contribution in [3.63, 3.8) is 0 Å². The number of likely N-dealkylation sites (tertiary alicyclic amines) is 1. The quantitative estimate of drug-likeness (QED) is 0.736. The average molecular weight is 356 g/mol. The third-order valence-electron chi connectivity index (χ3n) is 4.78. The van der Waals surface area contributed by atoms with E-state index in [2.05, 4.69) is 5.10 Å². The Morgan fingerprint density at radius 3 is 2.73 bits per heavy atom. The second-order valence-electron chi connectivity index (χ2n) is 6.72. The molecule has 1 aromatic carbocycles. The summed E-state index contributed by atoms with van der Waals surface area (Å²) in [5.41, 5.74) is 7.60. The van der Waals surface area contributed by atoms with Gasteiger partial charge in [0.05, 0.1) is 18.0 Å². The lowest BCUT2D eigenvalue weighted by atomic mass is 10.1. The van der Waals surface area contributed by atoms with Gasteiger partial charge >= 0.3 is 0 Å². The normalized spacial score (nSPS) is 15.3. The van der Waals surface area contributed by atoms with E-state index in [4.69, 9.17) is 10.5 Å². The second kappa shape index (κ2) is 9.50. The molecule has 0 unspecified atom stereocenters. The van der Waals surface area contributed by atoms with Crippen LogP contribution in [0.4, 0.5) is 0 Å². The number of aromatic nitrogens is 2. The highest BCUT2D eigenvalue weighted by molar-refractivity contribution is 5.76. The number of carbonyl (C=O) groups excluding carboxylic acids is 1. The first-order valence-corrected chi connectivity index (χ1v) is 9.44. The monoisotopic (exact) mass is 356 g/mol. The molecule has 2 N–H and O–H groups in total. The molecule has 1 saturated heterocycles. The van der Waals surface area contributed by atoms with Crippen LogP contribution in [0.1, 0.15) is 31.2 Å². The molecule has 0 bridgehead atoms. The Kier molecular flexibility index (Phi) is 6.80. The lowest BCUT2D eigenvalue weighted by molar-refractivity contribution is -0.133. The van der Waals surface area contributed by atoms with Crippen LogP contribution in [0, 0.1) is 0 Å². The number of benzene rings is 1. The molecule has 2 heterocycles. The fourth-order valence-corrected chi connectivity index (χ4v) is 3.23. The van der Waals surface area contributed by atoms with Crippen molar-refractivity contribution in [1.29, 1.82) is 0 Å². The van der Waals surface area contributed by atoms with Gasteiger partial charge in [0, 0.05) is 32.3 Å². The van der Waals surface area contributed by atoms with E-state index >= 15 is 0 Å². The molecular formula is C20H28N4O2. The number of para-hydroxylation sites is 1. The minimum absolute atomic E-state index is 0.220. The van der Waals surface area contributed by atoms with Gasteiger partial charge in [0.1, 0.15) is 0 Å². The summed E-state index contributed by atoms with van der Waals surface area (Å²) in [7, 11) is 0. The number of hydrogen-bond donors (Lipinski definition) is 1. The molecule has 1 aliphatic heterocycles. The molecule has 140 valence electrons. The maximum Gasteiger partial charge on any atom is 0.222 e. The van der Waals surface area contributed by atoms with Crippen molar-refractivity contribution in [2.24, 2.45) is 5.73 Å². The summed E-state index contributed by atoms with van der Waals surface area (Å²) in [6.07, 6.45) is 8.10. The van der Waals surface area contributed by atoms with E-state index in [0.717, 1.165) is 56.6 Å². The van der Waals surface area contributed by atoms with Gasteiger partial charge in [-0.1, -0.05) is 18.2 Å². The molecule has 1 aliphatic rings. The number of carbonyl (C=O) groups is 1. The minimum Gasteiger partial charge on any atom is -0.378 e. The molecule has 1 fully saturated rings. The summed E-state index contributed by atoms with van der Waals surface area (Å²) in [6.45, 7) is 2.96. The first-order valence-electron chi connectivity index (χ1n) is 9.44. The zero-order chi connectivity index (χ0) is 18.2. The third kappa shape index (κ3) is 5.16. The van der Waals surface area contributed by atoms with Crippen molar-refractivity contribution in [2.75, 3.05) is 26.2 Å². The standard InChI is InChI=1S/C20H28N4O2/c21-11-4-14-26-19-9-12-23(13-10-19)20(25)8-7-17-15-22-24(16-17)18-5-2-1-3-6-18/h1-3,5-6,15-16,19H,4,7-14,21H2. The van der Waals surface area contributed by atoms with Gasteiger partial charge in [-0.2, -0.15) is 5.10 Å². The summed E-state index contributed by atoms with van der Waals surface area (Å²) >= 11 is 0. The van der Waals surface area contributed by atoms with E-state index in [1.54, 1.807) is 0 Å². The fourth-order valence-electron chi connectivity index (χ4n) is 3.23. The number of aryl methyl sites for hydroxylation is 1. The number of nitrogens with two attached hydrogens (primary N) is 1. The summed E-state index contributed by atoms with van der Waals surface area (Å²) in [5, 5.41) is 4.39. The van der Waals surface area contributed by atoms with Crippen molar-refractivity contribution in [3.05, 3.63) is 48.3 Å². The van der Waals surface area contributed by atoms with Gasteiger partial charge in [-0.25, -0.2) is 4.68 Å². The molecule has 0 saturated carbocycles. The first-order chi connectivity index (χ1) is 12.8. The van der Waals surface area contributed by atoms with Crippen molar-refractivity contribution in [3.8, 4) is 5.69 Å². The van der Waals surface area contributed by atoms with Crippen LogP contribution in [0.15, 0.2) is 42.7 Å². The van der Waals surface area contributed by atoms with Crippen LogP contribution in [0.2, 0.25) is 0 Å². The van der Waals surface area contributed by atoms with Crippen LogP contribution in [-0.2, 0) is 16.0 Å². The van der Waals surface area contributed by atoms with E-state index < -0.39 is 0 Å². The lowest BCUT2D eigenvalue weighted by Crippen LogP contribution is -2.41. The van der Waals surface area contributed by atoms with Crippen LogP contribution >= 0.6 is 0 Å². The van der Waals surface area contributed by atoms with Gasteiger partial charge in [-0.15, -0.1) is 0 Å². The Labute approximate surface area is 154 Å². The van der Waals surface area contributed by atoms with Gasteiger partial charge in [0.15, 0.2) is 0 Å². The fraction of sp³-hybridized carbons (Fsp3) is 0.500. The van der Waals surface area contributed by atoms with Crippen molar-refractivity contribution in [1.82, 2.24) is 14.7 Å². The van der Waals surface area contributed by atoms with Gasteiger partial charge in [-0.05, 0) is 49.9 Å². The topological polar surface area (TPSA) is 73.4 Å². The SMILES string of the molecule is NCCCOC1CCN(C(=O)CCc2cnn(-c3ccccc3)c2)CC1. The summed E-state index contributed by atoms with van der Waals surface area (Å²) in [5.74, 6) is 0.220. The molecule has 1 aromatic heterocycles. The van der Waals surface area contributed by atoms with Crippen molar-refractivity contribution in [2.45, 2.75) is 38.2 Å². The van der Waals surface area contributed by atoms with Crippen LogP contribution in [-0.4, -0.2) is 52.9 Å². The summed E-state index contributed by atoms with van der Waals surface area (Å²) in [6, 6.07) is 10.00. The Morgan fingerprint density at radius 1 is 1.23 bits per heavy atom. The van der Waals surface area contributed by atoms with Gasteiger partial charge < -0.3 is 15.4 Å². The number of piperidine rings is 1. The van der Waals surface area contributed by atoms with Gasteiger partial charge in [-0.3, -0.25) is 4.79 Å². The zero-order valence-electron chi connectivity index (χ0n) is 15.2. The van der Waals surface area contributed by atoms with E-state index in [0.29, 0.717) is 13.0 Å². The largest absolute Gasteiger partial charge is 0.378 e. The predicted octanol–water partition coefficient (Wildman–Crippen LogP) is 2.16. The lowest BCUT2D eigenvalue weighted by Gasteiger charge is -2.32. The van der Waals surface area contributed by atoms with Crippen LogP contribution < -0.4 is 5.73 Å². The molecule has 0 radical (unpaired) electrons. The predicted molar refractivity (Wildman–Crippen MR) is 101 cm³/mol. The van der Waals surface area contributed by atoms with Crippen molar-refractivity contribution < 1.29 is 9.53 Å². The maximum absolute atomic E-state index is 12.5. The summed E-state index contributed by atoms with van der Waals surface area (Å²) < 4.78 is 7.65. The number of ether oxygens (including phenoxy) is 1. The molecule has 0 spiro atoms. The molecule has 3 rings (SSSR count). The van der Waals surface area contributed by atoms with E-state index in [1.165, 1.54) is 0 Å². The van der Waals surface area contributed by atoms with Crippen LogP contribution in [0.25, 0.3) is 5.69 Å². The highest BCUT2D eigenvalue weighted by Crippen LogP contribution is 2.16. The minimum atomic E-state index is 0.220.